The lowest BCUT2D eigenvalue weighted by molar-refractivity contribution is -0.116. The maximum atomic E-state index is 13.9. The molecule has 0 heterocycles. The van der Waals surface area contributed by atoms with Crippen molar-refractivity contribution in [2.75, 3.05) is 16.1 Å². The number of amides is 2. The molecule has 2 amide bonds. The van der Waals surface area contributed by atoms with E-state index in [9.17, 15) is 22.8 Å². The first kappa shape index (κ1) is 23.1. The number of nitrogens with one attached hydrogen (secondary N) is 1. The summed E-state index contributed by atoms with van der Waals surface area (Å²) in [6.45, 7) is 3.16. The fourth-order valence-electron chi connectivity index (χ4n) is 4.17. The van der Waals surface area contributed by atoms with E-state index in [1.165, 1.54) is 30.0 Å². The topological polar surface area (TPSA) is 49.4 Å². The Hall–Kier alpha value is -2.54. The van der Waals surface area contributed by atoms with Crippen LogP contribution in [0.4, 0.5) is 30.2 Å². The number of alkyl halides is 3. The summed E-state index contributed by atoms with van der Waals surface area (Å²) < 4.78 is 41.6. The fraction of sp³-hybridized carbons (Fsp3) is 0.391. The summed E-state index contributed by atoms with van der Waals surface area (Å²) in [6, 6.07) is 8.86. The van der Waals surface area contributed by atoms with Crippen LogP contribution >= 0.6 is 11.6 Å². The summed E-state index contributed by atoms with van der Waals surface area (Å²) in [4.78, 5) is 25.8. The molecule has 8 heteroatoms. The lowest BCUT2D eigenvalue weighted by Crippen LogP contribution is -2.30. The Morgan fingerprint density at radius 1 is 1.19 bits per heavy atom. The maximum absolute atomic E-state index is 13.9. The molecule has 2 aromatic carbocycles. The van der Waals surface area contributed by atoms with E-state index in [0.29, 0.717) is 28.2 Å². The van der Waals surface area contributed by atoms with Gasteiger partial charge in [-0.15, -0.1) is 11.6 Å². The first-order valence-electron chi connectivity index (χ1n) is 10.1. The van der Waals surface area contributed by atoms with Crippen LogP contribution in [0.5, 0.6) is 0 Å². The zero-order chi connectivity index (χ0) is 22.8. The largest absolute Gasteiger partial charge is 0.326 e. The Balaban J connectivity index is 2.18. The van der Waals surface area contributed by atoms with E-state index in [0.717, 1.165) is 0 Å². The minimum atomic E-state index is -2.71. The van der Waals surface area contributed by atoms with Gasteiger partial charge >= 0.3 is 0 Å². The number of hydrogen-bond donors (Lipinski definition) is 1. The van der Waals surface area contributed by atoms with E-state index >= 15 is 0 Å². The highest BCUT2D eigenvalue weighted by Crippen LogP contribution is 2.47. The van der Waals surface area contributed by atoms with Crippen LogP contribution in [0.25, 0.3) is 0 Å². The number of carbonyl (C=O) groups is 2. The Morgan fingerprint density at radius 2 is 1.87 bits per heavy atom. The van der Waals surface area contributed by atoms with Crippen LogP contribution in [-0.2, 0) is 9.59 Å². The molecule has 4 nitrogen and oxygen atoms in total. The molecular weight excluding hydrogens is 429 g/mol. The molecule has 1 fully saturated rings. The van der Waals surface area contributed by atoms with E-state index < -0.39 is 17.6 Å². The number of carbonyl (C=O) groups excluding carboxylic acids is 2. The van der Waals surface area contributed by atoms with Gasteiger partial charge in [0.1, 0.15) is 11.7 Å². The van der Waals surface area contributed by atoms with Gasteiger partial charge in [-0.25, -0.2) is 13.2 Å². The lowest BCUT2D eigenvalue weighted by atomic mass is 9.79. The van der Waals surface area contributed by atoms with Crippen molar-refractivity contribution in [1.82, 2.24) is 0 Å². The van der Waals surface area contributed by atoms with Crippen molar-refractivity contribution >= 4 is 40.5 Å². The molecule has 2 aromatic rings. The van der Waals surface area contributed by atoms with Gasteiger partial charge in [-0.1, -0.05) is 6.07 Å². The molecule has 166 valence electrons. The molecule has 3 rings (SSSR count). The Labute approximate surface area is 184 Å². The molecule has 1 aliphatic rings. The molecule has 31 heavy (non-hydrogen) atoms. The van der Waals surface area contributed by atoms with Gasteiger partial charge in [-0.2, -0.15) is 0 Å². The quantitative estimate of drug-likeness (QED) is 0.542. The molecule has 0 bridgehead atoms. The molecule has 0 aromatic heterocycles. The average Bonchev–Trinajstić information content (AvgIpc) is 2.70. The average molecular weight is 453 g/mol. The molecule has 1 aliphatic carbocycles. The van der Waals surface area contributed by atoms with Gasteiger partial charge in [-0.3, -0.25) is 14.5 Å². The first-order valence-corrected chi connectivity index (χ1v) is 10.6. The van der Waals surface area contributed by atoms with Crippen LogP contribution in [-0.4, -0.2) is 23.6 Å². The lowest BCUT2D eigenvalue weighted by Gasteiger charge is -2.34. The maximum Gasteiger partial charge on any atom is 0.248 e. The Kier molecular flexibility index (Phi) is 6.94. The highest BCUT2D eigenvalue weighted by molar-refractivity contribution is 6.30. The summed E-state index contributed by atoms with van der Waals surface area (Å²) >= 11 is 5.86. The third-order valence-electron chi connectivity index (χ3n) is 5.60. The third kappa shape index (κ3) is 5.21. The van der Waals surface area contributed by atoms with Crippen molar-refractivity contribution in [3.05, 3.63) is 53.3 Å². The second kappa shape index (κ2) is 9.30. The van der Waals surface area contributed by atoms with Gasteiger partial charge in [0, 0.05) is 25.5 Å². The van der Waals surface area contributed by atoms with Crippen molar-refractivity contribution in [1.29, 1.82) is 0 Å². The van der Waals surface area contributed by atoms with E-state index in [4.69, 9.17) is 11.6 Å². The van der Waals surface area contributed by atoms with Crippen molar-refractivity contribution in [3.63, 3.8) is 0 Å². The zero-order valence-electron chi connectivity index (χ0n) is 17.4. The Bertz CT molecular complexity index is 987. The number of rotatable bonds is 5. The van der Waals surface area contributed by atoms with Crippen molar-refractivity contribution in [2.45, 2.75) is 51.4 Å². The first-order chi connectivity index (χ1) is 14.6. The minimum absolute atomic E-state index is 0.233. The second-order valence-corrected chi connectivity index (χ2v) is 8.09. The van der Waals surface area contributed by atoms with E-state index in [1.54, 1.807) is 25.1 Å². The van der Waals surface area contributed by atoms with Crippen molar-refractivity contribution in [2.24, 2.45) is 0 Å². The van der Waals surface area contributed by atoms with Gasteiger partial charge < -0.3 is 5.32 Å². The minimum Gasteiger partial charge on any atom is -0.326 e. The molecule has 1 saturated carbocycles. The van der Waals surface area contributed by atoms with Crippen molar-refractivity contribution in [3.8, 4) is 0 Å². The monoisotopic (exact) mass is 452 g/mol. The summed E-state index contributed by atoms with van der Waals surface area (Å²) in [6.07, 6.45) is -0.0541. The Morgan fingerprint density at radius 3 is 2.45 bits per heavy atom. The molecule has 0 atom stereocenters. The number of hydrogen-bond acceptors (Lipinski definition) is 2. The van der Waals surface area contributed by atoms with E-state index in [1.807, 2.05) is 0 Å². The van der Waals surface area contributed by atoms with E-state index in [2.05, 4.69) is 5.32 Å². The third-order valence-corrected chi connectivity index (χ3v) is 5.83. The van der Waals surface area contributed by atoms with Gasteiger partial charge in [-0.05, 0) is 67.1 Å². The molecule has 0 unspecified atom stereocenters. The molecule has 0 spiro atoms. The van der Waals surface area contributed by atoms with Gasteiger partial charge in [0.15, 0.2) is 0 Å². The van der Waals surface area contributed by atoms with Crippen LogP contribution in [0.3, 0.4) is 0 Å². The fourth-order valence-corrected chi connectivity index (χ4v) is 4.29. The van der Waals surface area contributed by atoms with Crippen LogP contribution in [0.2, 0.25) is 0 Å². The number of anilines is 3. The smallest absolute Gasteiger partial charge is 0.248 e. The normalized spacial score (nSPS) is 16.1. The summed E-state index contributed by atoms with van der Waals surface area (Å²) in [5, 5.41) is 2.75. The zero-order valence-corrected chi connectivity index (χ0v) is 18.1. The predicted octanol–water partition coefficient (Wildman–Crippen LogP) is 6.29. The number of nitrogens with zero attached hydrogens (tertiary/aromatic N) is 1. The molecule has 0 radical (unpaired) electrons. The number of benzene rings is 2. The van der Waals surface area contributed by atoms with Crippen LogP contribution in [0.15, 0.2) is 36.4 Å². The molecule has 0 aliphatic heterocycles. The molecule has 0 saturated heterocycles. The second-order valence-electron chi connectivity index (χ2n) is 7.82. The van der Waals surface area contributed by atoms with Gasteiger partial charge in [0.05, 0.1) is 11.4 Å². The summed E-state index contributed by atoms with van der Waals surface area (Å²) in [7, 11) is 0. The standard InChI is InChI=1S/C23H24ClF3N2O2/c1-14-19(28-15(2)30)6-7-20(22(14)16-8-10-23(26,27)11-9-16)29(21(31)13-24)18-5-3-4-17(25)12-18/h3-7,12,16H,8-11,13H2,1-2H3,(H,28,30). The van der Waals surface area contributed by atoms with E-state index in [-0.39, 0.29) is 43.4 Å². The SMILES string of the molecule is CC(=O)Nc1ccc(N(C(=O)CCl)c2cccc(F)c2)c(C2CCC(F)(F)CC2)c1C. The summed E-state index contributed by atoms with van der Waals surface area (Å²) in [5.41, 5.74) is 2.66. The van der Waals surface area contributed by atoms with Crippen LogP contribution < -0.4 is 10.2 Å². The predicted molar refractivity (Wildman–Crippen MR) is 116 cm³/mol. The van der Waals surface area contributed by atoms with Crippen LogP contribution in [0.1, 0.15) is 49.7 Å². The van der Waals surface area contributed by atoms with Gasteiger partial charge in [0.2, 0.25) is 17.7 Å². The van der Waals surface area contributed by atoms with Crippen LogP contribution in [0, 0.1) is 12.7 Å². The highest BCUT2D eigenvalue weighted by Gasteiger charge is 2.37. The highest BCUT2D eigenvalue weighted by atomic mass is 35.5. The summed E-state index contributed by atoms with van der Waals surface area (Å²) in [5.74, 6) is -4.56. The van der Waals surface area contributed by atoms with Crippen molar-refractivity contribution < 1.29 is 22.8 Å². The molecule has 1 N–H and O–H groups in total. The number of halogens is 4. The van der Waals surface area contributed by atoms with Gasteiger partial charge in [0.25, 0.3) is 0 Å². The molecular formula is C23H24ClF3N2O2.